The lowest BCUT2D eigenvalue weighted by Gasteiger charge is -2.30. The van der Waals surface area contributed by atoms with Crippen molar-refractivity contribution in [2.75, 3.05) is 46.6 Å². The van der Waals surface area contributed by atoms with Gasteiger partial charge in [-0.3, -0.25) is 14.7 Å². The van der Waals surface area contributed by atoms with Gasteiger partial charge in [0.1, 0.15) is 35.3 Å². The molecule has 2 N–H and O–H groups in total. The molecule has 1 aromatic carbocycles. The number of nitrogens with one attached hydrogen (secondary N) is 2. The van der Waals surface area contributed by atoms with Crippen LogP contribution in [0.15, 0.2) is 21.9 Å². The summed E-state index contributed by atoms with van der Waals surface area (Å²) >= 11 is 9.46. The standard InChI is InChI=1S/C23H28BrClF2N4O4/c1-3-14(28-6-8-33-2)11-34-20-15-19(18(27)16(24)17(20)25)29-22(30-21(15)32)35-12-23-5-4-7-31(23)10-13(26)9-23/h3,13-14,28H,1,4-12H2,2H3,(H,29,30,32)/t13-,14?,23+/m1/s1. The molecule has 8 nitrogen and oxygen atoms in total. The number of H-pyrrole nitrogens is 1. The Morgan fingerprint density at radius 1 is 1.49 bits per heavy atom. The molecule has 1 aromatic heterocycles. The van der Waals surface area contributed by atoms with Crippen molar-refractivity contribution >= 4 is 38.4 Å². The van der Waals surface area contributed by atoms with Crippen molar-refractivity contribution in [2.45, 2.75) is 37.0 Å². The van der Waals surface area contributed by atoms with Gasteiger partial charge in [0.2, 0.25) is 0 Å². The van der Waals surface area contributed by atoms with E-state index >= 15 is 4.39 Å². The number of aromatic amines is 1. The van der Waals surface area contributed by atoms with Crippen LogP contribution in [0.1, 0.15) is 19.3 Å². The van der Waals surface area contributed by atoms with E-state index in [4.69, 9.17) is 25.8 Å². The fourth-order valence-corrected chi connectivity index (χ4v) is 5.42. The summed E-state index contributed by atoms with van der Waals surface area (Å²) in [5.74, 6) is -0.815. The third kappa shape index (κ3) is 5.34. The molecule has 3 atom stereocenters. The van der Waals surface area contributed by atoms with Crippen LogP contribution >= 0.6 is 27.5 Å². The van der Waals surface area contributed by atoms with Gasteiger partial charge in [0, 0.05) is 26.6 Å². The van der Waals surface area contributed by atoms with Gasteiger partial charge in [-0.15, -0.1) is 6.58 Å². The molecule has 0 spiro atoms. The first kappa shape index (κ1) is 26.3. The van der Waals surface area contributed by atoms with Crippen molar-refractivity contribution in [3.8, 4) is 11.8 Å². The molecule has 2 fully saturated rings. The van der Waals surface area contributed by atoms with Gasteiger partial charge in [-0.25, -0.2) is 8.78 Å². The lowest BCUT2D eigenvalue weighted by Crippen LogP contribution is -2.43. The van der Waals surface area contributed by atoms with E-state index in [1.54, 1.807) is 13.2 Å². The number of ether oxygens (including phenoxy) is 3. The summed E-state index contributed by atoms with van der Waals surface area (Å²) in [7, 11) is 1.59. The number of halogens is 4. The van der Waals surface area contributed by atoms with Crippen LogP contribution in [0.3, 0.4) is 0 Å². The minimum absolute atomic E-state index is 0.00717. The van der Waals surface area contributed by atoms with Gasteiger partial charge in [0.15, 0.2) is 11.6 Å². The van der Waals surface area contributed by atoms with E-state index in [9.17, 15) is 9.18 Å². The number of aromatic nitrogens is 2. The molecule has 1 unspecified atom stereocenters. The third-order valence-corrected chi connectivity index (χ3v) is 7.89. The molecule has 35 heavy (non-hydrogen) atoms. The van der Waals surface area contributed by atoms with Crippen LogP contribution in [0, 0.1) is 5.82 Å². The highest BCUT2D eigenvalue weighted by molar-refractivity contribution is 9.10. The fourth-order valence-electron chi connectivity index (χ4n) is 4.82. The Morgan fingerprint density at radius 3 is 3.03 bits per heavy atom. The molecule has 3 heterocycles. The summed E-state index contributed by atoms with van der Waals surface area (Å²) < 4.78 is 45.7. The molecular formula is C23H28BrClF2N4O4. The van der Waals surface area contributed by atoms with Gasteiger partial charge in [0.25, 0.3) is 11.6 Å². The topological polar surface area (TPSA) is 88.7 Å². The summed E-state index contributed by atoms with van der Waals surface area (Å²) in [4.78, 5) is 21.9. The summed E-state index contributed by atoms with van der Waals surface area (Å²) in [5, 5.41) is 2.95. The number of nitrogens with zero attached hydrogens (tertiary/aromatic N) is 2. The Hall–Kier alpha value is -1.79. The van der Waals surface area contributed by atoms with Crippen molar-refractivity contribution in [1.82, 2.24) is 20.2 Å². The molecule has 4 rings (SSSR count). The van der Waals surface area contributed by atoms with Gasteiger partial charge in [-0.2, -0.15) is 4.98 Å². The van der Waals surface area contributed by atoms with E-state index in [2.05, 4.69) is 42.7 Å². The highest BCUT2D eigenvalue weighted by atomic mass is 79.9. The number of benzene rings is 1. The number of rotatable bonds is 11. The molecule has 2 aliphatic rings. The van der Waals surface area contributed by atoms with Crippen LogP contribution in [0.4, 0.5) is 8.78 Å². The van der Waals surface area contributed by atoms with Crippen molar-refractivity contribution < 1.29 is 23.0 Å². The lowest BCUT2D eigenvalue weighted by atomic mass is 9.95. The van der Waals surface area contributed by atoms with Gasteiger partial charge in [0.05, 0.1) is 22.7 Å². The number of hydrogen-bond acceptors (Lipinski definition) is 7. The van der Waals surface area contributed by atoms with Crippen molar-refractivity contribution in [2.24, 2.45) is 0 Å². The second-order valence-corrected chi connectivity index (χ2v) is 10.0. The maximum Gasteiger partial charge on any atom is 0.297 e. The summed E-state index contributed by atoms with van der Waals surface area (Å²) in [6, 6.07) is -0.413. The zero-order valence-corrected chi connectivity index (χ0v) is 21.7. The van der Waals surface area contributed by atoms with E-state index in [0.717, 1.165) is 19.4 Å². The second-order valence-electron chi connectivity index (χ2n) is 8.83. The highest BCUT2D eigenvalue weighted by Crippen LogP contribution is 2.42. The van der Waals surface area contributed by atoms with Crippen LogP contribution in [-0.2, 0) is 4.74 Å². The van der Waals surface area contributed by atoms with Crippen molar-refractivity contribution in [3.63, 3.8) is 0 Å². The van der Waals surface area contributed by atoms with Crippen molar-refractivity contribution in [1.29, 1.82) is 0 Å². The zero-order valence-electron chi connectivity index (χ0n) is 19.3. The minimum atomic E-state index is -0.916. The molecule has 0 aliphatic carbocycles. The first-order valence-corrected chi connectivity index (χ1v) is 12.6. The van der Waals surface area contributed by atoms with Gasteiger partial charge >= 0.3 is 0 Å². The van der Waals surface area contributed by atoms with Crippen LogP contribution in [0.5, 0.6) is 11.8 Å². The molecule has 12 heteroatoms. The first-order valence-electron chi connectivity index (χ1n) is 11.4. The Kier molecular flexibility index (Phi) is 8.32. The fraction of sp³-hybridized carbons (Fsp3) is 0.565. The Morgan fingerprint density at radius 2 is 2.29 bits per heavy atom. The molecule has 0 radical (unpaired) electrons. The largest absolute Gasteiger partial charge is 0.489 e. The molecule has 192 valence electrons. The van der Waals surface area contributed by atoms with Gasteiger partial charge in [-0.1, -0.05) is 17.7 Å². The quantitative estimate of drug-likeness (QED) is 0.240. The smallest absolute Gasteiger partial charge is 0.297 e. The Balaban J connectivity index is 1.60. The van der Waals surface area contributed by atoms with Crippen LogP contribution < -0.4 is 20.3 Å². The summed E-state index contributed by atoms with van der Waals surface area (Å²) in [6.45, 7) is 6.23. The van der Waals surface area contributed by atoms with E-state index in [0.29, 0.717) is 26.1 Å². The predicted molar refractivity (Wildman–Crippen MR) is 133 cm³/mol. The molecule has 0 saturated carbocycles. The molecule has 2 aliphatic heterocycles. The number of methoxy groups -OCH3 is 1. The summed E-state index contributed by atoms with van der Waals surface area (Å²) in [5.41, 5.74) is -1.34. The maximum absolute atomic E-state index is 15.1. The highest BCUT2D eigenvalue weighted by Gasteiger charge is 2.49. The molecule has 0 bridgehead atoms. The normalized spacial score (nSPS) is 22.9. The molecule has 0 amide bonds. The van der Waals surface area contributed by atoms with Crippen LogP contribution in [0.25, 0.3) is 10.9 Å². The minimum Gasteiger partial charge on any atom is -0.489 e. The second kappa shape index (κ2) is 11.1. The predicted octanol–water partition coefficient (Wildman–Crippen LogP) is 3.60. The van der Waals surface area contributed by atoms with Crippen molar-refractivity contribution in [3.05, 3.63) is 38.3 Å². The SMILES string of the molecule is C=CC(COc1c(Cl)c(Br)c(F)c2nc(OC[C@@]34CCCN3C[C@H](F)C4)[nH]c(=O)c12)NCCOC. The molecular weight excluding hydrogens is 550 g/mol. The Labute approximate surface area is 215 Å². The monoisotopic (exact) mass is 576 g/mol. The average molecular weight is 578 g/mol. The van der Waals surface area contributed by atoms with Crippen LogP contribution in [-0.4, -0.2) is 79.2 Å². The maximum atomic E-state index is 15.1. The van der Waals surface area contributed by atoms with E-state index in [1.165, 1.54) is 0 Å². The lowest BCUT2D eigenvalue weighted by molar-refractivity contribution is 0.107. The average Bonchev–Trinajstić information content (AvgIpc) is 3.36. The summed E-state index contributed by atoms with van der Waals surface area (Å²) in [6.07, 6.45) is 2.84. The number of alkyl halides is 1. The van der Waals surface area contributed by atoms with Gasteiger partial charge < -0.3 is 19.5 Å². The van der Waals surface area contributed by atoms with E-state index in [1.807, 2.05) is 0 Å². The number of fused-ring (bicyclic) bond motifs is 2. The molecule has 2 saturated heterocycles. The molecule has 2 aromatic rings. The van der Waals surface area contributed by atoms with Crippen LogP contribution in [0.2, 0.25) is 5.02 Å². The third-order valence-electron chi connectivity index (χ3n) is 6.56. The Bertz CT molecular complexity index is 1150. The zero-order chi connectivity index (χ0) is 25.2. The van der Waals surface area contributed by atoms with Gasteiger partial charge in [-0.05, 0) is 35.3 Å². The first-order chi connectivity index (χ1) is 16.8. The number of hydrogen-bond donors (Lipinski definition) is 2. The van der Waals surface area contributed by atoms with E-state index in [-0.39, 0.29) is 51.4 Å². The van der Waals surface area contributed by atoms with E-state index < -0.39 is 23.1 Å².